The van der Waals surface area contributed by atoms with E-state index in [0.717, 1.165) is 43.1 Å². The molecule has 6 nitrogen and oxygen atoms in total. The number of hydroxylamine groups is 1. The third-order valence-corrected chi connectivity index (χ3v) is 5.42. The first kappa shape index (κ1) is 21.3. The van der Waals surface area contributed by atoms with Crippen molar-refractivity contribution in [3.05, 3.63) is 71.4 Å². The molecule has 1 fully saturated rings. The maximum atomic E-state index is 6.00. The molecule has 1 atom stereocenters. The molecular formula is C25H30N2O4. The Morgan fingerprint density at radius 3 is 2.81 bits per heavy atom. The zero-order chi connectivity index (χ0) is 21.5. The summed E-state index contributed by atoms with van der Waals surface area (Å²) < 4.78 is 17.1. The molecule has 164 valence electrons. The lowest BCUT2D eigenvalue weighted by Gasteiger charge is -2.32. The largest absolute Gasteiger partial charge is 0.489 e. The summed E-state index contributed by atoms with van der Waals surface area (Å²) >= 11 is 0. The molecule has 6 heteroatoms. The molecule has 0 spiro atoms. The van der Waals surface area contributed by atoms with E-state index < -0.39 is 0 Å². The molecule has 4 rings (SSSR count). The van der Waals surface area contributed by atoms with Crippen LogP contribution in [0.15, 0.2) is 60.3 Å². The summed E-state index contributed by atoms with van der Waals surface area (Å²) in [6.45, 7) is 4.74. The van der Waals surface area contributed by atoms with Gasteiger partial charge in [0.05, 0.1) is 13.2 Å². The van der Waals surface area contributed by atoms with E-state index in [-0.39, 0.29) is 6.23 Å². The number of nitrogens with zero attached hydrogens (tertiary/aromatic N) is 1. The highest BCUT2D eigenvalue weighted by molar-refractivity contribution is 5.72. The molecule has 1 saturated heterocycles. The van der Waals surface area contributed by atoms with Gasteiger partial charge in [-0.2, -0.15) is 0 Å². The van der Waals surface area contributed by atoms with Gasteiger partial charge in [0.1, 0.15) is 18.6 Å². The fraction of sp³-hybridized carbons (Fsp3) is 0.360. The summed E-state index contributed by atoms with van der Waals surface area (Å²) in [6, 6.07) is 14.0. The number of nitrogens with one attached hydrogen (secondary N) is 1. The van der Waals surface area contributed by atoms with Gasteiger partial charge in [0.25, 0.3) is 0 Å². The zero-order valence-electron chi connectivity index (χ0n) is 18.2. The molecule has 31 heavy (non-hydrogen) atoms. The van der Waals surface area contributed by atoms with E-state index in [1.54, 1.807) is 0 Å². The first-order valence-electron chi connectivity index (χ1n) is 10.8. The molecule has 0 aromatic heterocycles. The molecule has 0 aliphatic carbocycles. The molecule has 1 unspecified atom stereocenters. The monoisotopic (exact) mass is 422 g/mol. The second-order valence-electron chi connectivity index (χ2n) is 7.61. The molecular weight excluding hydrogens is 392 g/mol. The maximum Gasteiger partial charge on any atom is 0.158 e. The minimum atomic E-state index is -0.0157. The maximum absolute atomic E-state index is 6.00. The van der Waals surface area contributed by atoms with Gasteiger partial charge in [-0.25, -0.2) is 5.48 Å². The lowest BCUT2D eigenvalue weighted by atomic mass is 10.0. The number of hydrogen-bond donors (Lipinski definition) is 1. The molecule has 0 saturated carbocycles. The van der Waals surface area contributed by atoms with E-state index >= 15 is 0 Å². The fourth-order valence-electron chi connectivity index (χ4n) is 3.69. The Labute approximate surface area is 184 Å². The highest BCUT2D eigenvalue weighted by atomic mass is 16.6. The Hall–Kier alpha value is -2.96. The highest BCUT2D eigenvalue weighted by Gasteiger charge is 2.19. The number of hydrogen-bond acceptors (Lipinski definition) is 6. The van der Waals surface area contributed by atoms with Gasteiger partial charge < -0.3 is 23.9 Å². The van der Waals surface area contributed by atoms with Crippen LogP contribution in [0.25, 0.3) is 6.08 Å². The van der Waals surface area contributed by atoms with Crippen LogP contribution in [-0.2, 0) is 16.1 Å². The van der Waals surface area contributed by atoms with Crippen molar-refractivity contribution in [2.24, 2.45) is 0 Å². The van der Waals surface area contributed by atoms with Crippen molar-refractivity contribution in [3.8, 4) is 11.5 Å². The molecule has 0 radical (unpaired) electrons. The Balaban J connectivity index is 1.33. The average Bonchev–Trinajstić information content (AvgIpc) is 2.81. The average molecular weight is 423 g/mol. The van der Waals surface area contributed by atoms with E-state index in [9.17, 15) is 0 Å². The predicted molar refractivity (Wildman–Crippen MR) is 122 cm³/mol. The van der Waals surface area contributed by atoms with Crippen LogP contribution in [0.1, 0.15) is 30.9 Å². The van der Waals surface area contributed by atoms with Gasteiger partial charge in [-0.05, 0) is 66.8 Å². The third kappa shape index (κ3) is 5.60. The van der Waals surface area contributed by atoms with Crippen molar-refractivity contribution in [1.29, 1.82) is 0 Å². The minimum Gasteiger partial charge on any atom is -0.489 e. The van der Waals surface area contributed by atoms with E-state index in [4.69, 9.17) is 19.0 Å². The molecule has 2 aliphatic rings. The van der Waals surface area contributed by atoms with E-state index in [1.807, 2.05) is 37.4 Å². The highest BCUT2D eigenvalue weighted by Crippen LogP contribution is 2.29. The van der Waals surface area contributed by atoms with Gasteiger partial charge in [0.2, 0.25) is 0 Å². The lowest BCUT2D eigenvalue weighted by Crippen LogP contribution is -2.34. The van der Waals surface area contributed by atoms with Crippen molar-refractivity contribution in [3.63, 3.8) is 0 Å². The summed E-state index contributed by atoms with van der Waals surface area (Å²) in [7, 11) is 2.05. The summed E-state index contributed by atoms with van der Waals surface area (Å²) in [5, 5.41) is 0. The van der Waals surface area contributed by atoms with Gasteiger partial charge in [0, 0.05) is 31.6 Å². The van der Waals surface area contributed by atoms with Gasteiger partial charge in [-0.15, -0.1) is 0 Å². The molecule has 1 N–H and O–H groups in total. The summed E-state index contributed by atoms with van der Waals surface area (Å²) in [5.41, 5.74) is 7.67. The Kier molecular flexibility index (Phi) is 7.12. The number of anilines is 1. The van der Waals surface area contributed by atoms with Crippen molar-refractivity contribution < 1.29 is 19.0 Å². The van der Waals surface area contributed by atoms with E-state index in [1.165, 1.54) is 11.1 Å². The SMILES string of the molecule is CCOC1C=Cc2cc(COc3cccc(ONC=C4CCOCC4)c3)ccc2N1C. The molecule has 0 amide bonds. The number of likely N-dealkylation sites (N-methyl/N-ethyl adjacent to an activating group) is 1. The Morgan fingerprint density at radius 1 is 1.13 bits per heavy atom. The zero-order valence-corrected chi connectivity index (χ0v) is 18.2. The molecule has 2 aliphatic heterocycles. The van der Waals surface area contributed by atoms with Gasteiger partial charge in [-0.3, -0.25) is 0 Å². The summed E-state index contributed by atoms with van der Waals surface area (Å²) in [5.74, 6) is 1.47. The molecule has 0 bridgehead atoms. The molecule has 2 aromatic carbocycles. The van der Waals surface area contributed by atoms with Crippen LogP contribution in [0.2, 0.25) is 0 Å². The number of fused-ring (bicyclic) bond motifs is 1. The van der Waals surface area contributed by atoms with Crippen LogP contribution in [0, 0.1) is 0 Å². The van der Waals surface area contributed by atoms with Crippen molar-refractivity contribution in [1.82, 2.24) is 5.48 Å². The number of ether oxygens (including phenoxy) is 3. The van der Waals surface area contributed by atoms with Gasteiger partial charge in [0.15, 0.2) is 5.75 Å². The van der Waals surface area contributed by atoms with Crippen LogP contribution in [-0.4, -0.2) is 33.1 Å². The predicted octanol–water partition coefficient (Wildman–Crippen LogP) is 4.67. The topological polar surface area (TPSA) is 52.2 Å². The van der Waals surface area contributed by atoms with Crippen LogP contribution in [0.3, 0.4) is 0 Å². The summed E-state index contributed by atoms with van der Waals surface area (Å²) in [4.78, 5) is 7.79. The standard InChI is InChI=1S/C25H30N2O4/c1-3-29-25-10-8-21-15-20(7-9-24(21)27(25)2)18-30-22-5-4-6-23(16-22)31-26-17-19-11-13-28-14-12-19/h4-10,15-17,25-26H,3,11-14,18H2,1-2H3. The van der Waals surface area contributed by atoms with E-state index in [0.29, 0.717) is 19.0 Å². The molecule has 2 aromatic rings. The molecule has 2 heterocycles. The smallest absolute Gasteiger partial charge is 0.158 e. The minimum absolute atomic E-state index is 0.0157. The number of rotatable bonds is 8. The van der Waals surface area contributed by atoms with Gasteiger partial charge in [-0.1, -0.05) is 18.2 Å². The first-order chi connectivity index (χ1) is 15.2. The Bertz CT molecular complexity index is 933. The van der Waals surface area contributed by atoms with Crippen molar-refractivity contribution >= 4 is 11.8 Å². The van der Waals surface area contributed by atoms with Gasteiger partial charge >= 0.3 is 0 Å². The second-order valence-corrected chi connectivity index (χ2v) is 7.61. The van der Waals surface area contributed by atoms with Crippen LogP contribution in [0.4, 0.5) is 5.69 Å². The van der Waals surface area contributed by atoms with Crippen LogP contribution < -0.4 is 20.0 Å². The van der Waals surface area contributed by atoms with E-state index in [2.05, 4.69) is 47.8 Å². The van der Waals surface area contributed by atoms with Crippen LogP contribution >= 0.6 is 0 Å². The van der Waals surface area contributed by atoms with Crippen LogP contribution in [0.5, 0.6) is 11.5 Å². The quantitative estimate of drug-likeness (QED) is 0.624. The first-order valence-corrected chi connectivity index (χ1v) is 10.8. The van der Waals surface area contributed by atoms with Crippen molar-refractivity contribution in [2.75, 3.05) is 31.8 Å². The Morgan fingerprint density at radius 2 is 1.97 bits per heavy atom. The third-order valence-electron chi connectivity index (χ3n) is 5.42. The summed E-state index contributed by atoms with van der Waals surface area (Å²) in [6.07, 6.45) is 7.99. The van der Waals surface area contributed by atoms with Crippen molar-refractivity contribution in [2.45, 2.75) is 32.6 Å². The lowest BCUT2D eigenvalue weighted by molar-refractivity contribution is 0.0968. The fourth-order valence-corrected chi connectivity index (χ4v) is 3.69. The number of benzene rings is 2. The second kappa shape index (κ2) is 10.4. The normalized spacial score (nSPS) is 17.8.